The van der Waals surface area contributed by atoms with E-state index in [2.05, 4.69) is 0 Å². The molecule has 0 bridgehead atoms. The number of ketones is 1. The predicted molar refractivity (Wildman–Crippen MR) is 78.8 cm³/mol. The Kier molecular flexibility index (Phi) is 8.85. The average molecular weight is 301 g/mol. The van der Waals surface area contributed by atoms with Gasteiger partial charge < -0.3 is 14.4 Å². The molecule has 0 radical (unpaired) electrons. The lowest BCUT2D eigenvalue weighted by molar-refractivity contribution is -0.149. The van der Waals surface area contributed by atoms with Crippen molar-refractivity contribution in [3.8, 4) is 0 Å². The lowest BCUT2D eigenvalue weighted by Gasteiger charge is -2.30. The molecule has 21 heavy (non-hydrogen) atoms. The third kappa shape index (κ3) is 7.22. The highest BCUT2D eigenvalue weighted by Gasteiger charge is 2.31. The van der Waals surface area contributed by atoms with Crippen molar-refractivity contribution in [2.75, 3.05) is 32.9 Å². The minimum Gasteiger partial charge on any atom is -0.466 e. The highest BCUT2D eigenvalue weighted by Crippen LogP contribution is 2.19. The lowest BCUT2D eigenvalue weighted by atomic mass is 9.87. The van der Waals surface area contributed by atoms with Crippen molar-refractivity contribution < 1.29 is 23.9 Å². The maximum Gasteiger partial charge on any atom is 0.315 e. The van der Waals surface area contributed by atoms with Crippen molar-refractivity contribution >= 4 is 17.7 Å². The van der Waals surface area contributed by atoms with Gasteiger partial charge in [0.15, 0.2) is 5.78 Å². The van der Waals surface area contributed by atoms with Crippen LogP contribution in [0.15, 0.2) is 0 Å². The summed E-state index contributed by atoms with van der Waals surface area (Å²) >= 11 is 0. The molecule has 0 aliphatic heterocycles. The summed E-state index contributed by atoms with van der Waals surface area (Å²) in [5.41, 5.74) is -0.713. The fourth-order valence-electron chi connectivity index (χ4n) is 1.78. The number of esters is 1. The van der Waals surface area contributed by atoms with Crippen molar-refractivity contribution in [2.24, 2.45) is 5.41 Å². The van der Waals surface area contributed by atoms with Crippen LogP contribution >= 0.6 is 0 Å². The summed E-state index contributed by atoms with van der Waals surface area (Å²) in [5, 5.41) is 0. The Balaban J connectivity index is 4.62. The Morgan fingerprint density at radius 2 is 1.67 bits per heavy atom. The van der Waals surface area contributed by atoms with E-state index in [1.807, 2.05) is 13.8 Å². The molecule has 0 aromatic rings. The number of Topliss-reactive ketones (excluding diaryl/α,β-unsaturated/α-hetero) is 1. The van der Waals surface area contributed by atoms with E-state index in [0.717, 1.165) is 0 Å². The molecular weight excluding hydrogens is 274 g/mol. The molecule has 0 saturated carbocycles. The smallest absolute Gasteiger partial charge is 0.315 e. The molecule has 0 saturated heterocycles. The number of ether oxygens (including phenoxy) is 2. The number of carbonyl (C=O) groups excluding carboxylic acids is 3. The minimum atomic E-state index is -0.713. The number of hydrogen-bond donors (Lipinski definition) is 0. The van der Waals surface area contributed by atoms with Crippen LogP contribution in [0.3, 0.4) is 0 Å². The van der Waals surface area contributed by atoms with Gasteiger partial charge in [0, 0.05) is 25.1 Å². The average Bonchev–Trinajstić information content (AvgIpc) is 2.41. The van der Waals surface area contributed by atoms with Gasteiger partial charge in [0.05, 0.1) is 6.61 Å². The fourth-order valence-corrected chi connectivity index (χ4v) is 1.78. The van der Waals surface area contributed by atoms with Crippen LogP contribution in [0.2, 0.25) is 0 Å². The predicted octanol–water partition coefficient (Wildman–Crippen LogP) is 1.42. The molecule has 0 spiro atoms. The summed E-state index contributed by atoms with van der Waals surface area (Å²) in [6.45, 7) is 10.3. The van der Waals surface area contributed by atoms with E-state index in [9.17, 15) is 14.4 Å². The first-order valence-electron chi connectivity index (χ1n) is 7.32. The molecule has 0 aliphatic carbocycles. The van der Waals surface area contributed by atoms with Gasteiger partial charge in [-0.1, -0.05) is 13.8 Å². The Morgan fingerprint density at radius 3 is 2.14 bits per heavy atom. The van der Waals surface area contributed by atoms with Crippen LogP contribution < -0.4 is 0 Å². The van der Waals surface area contributed by atoms with Crippen molar-refractivity contribution in [1.29, 1.82) is 0 Å². The second-order valence-electron chi connectivity index (χ2n) is 5.33. The topological polar surface area (TPSA) is 72.9 Å². The van der Waals surface area contributed by atoms with Crippen LogP contribution in [0.1, 0.15) is 41.0 Å². The molecule has 0 fully saturated rings. The molecule has 0 N–H and O–H groups in total. The highest BCUT2D eigenvalue weighted by molar-refractivity contribution is 5.94. The Morgan fingerprint density at radius 1 is 1.05 bits per heavy atom. The second kappa shape index (κ2) is 9.50. The number of nitrogens with zero attached hydrogens (tertiary/aromatic N) is 1. The molecular formula is C15H27NO5. The van der Waals surface area contributed by atoms with E-state index in [-0.39, 0.29) is 37.9 Å². The van der Waals surface area contributed by atoms with E-state index in [4.69, 9.17) is 9.47 Å². The zero-order chi connectivity index (χ0) is 16.5. The summed E-state index contributed by atoms with van der Waals surface area (Å²) in [6.07, 6.45) is -0.294. The van der Waals surface area contributed by atoms with Gasteiger partial charge in [-0.15, -0.1) is 0 Å². The number of hydrogen-bond acceptors (Lipinski definition) is 5. The molecule has 6 nitrogen and oxygen atoms in total. The molecule has 122 valence electrons. The Bertz CT molecular complexity index is 365. The lowest BCUT2D eigenvalue weighted by Crippen LogP contribution is -2.44. The maximum atomic E-state index is 12.1. The first kappa shape index (κ1) is 19.6. The molecule has 0 atom stereocenters. The molecule has 6 heteroatoms. The highest BCUT2D eigenvalue weighted by atomic mass is 16.5. The van der Waals surface area contributed by atoms with E-state index >= 15 is 0 Å². The van der Waals surface area contributed by atoms with Crippen molar-refractivity contribution in [3.63, 3.8) is 0 Å². The quantitative estimate of drug-likeness (QED) is 0.451. The largest absolute Gasteiger partial charge is 0.466 e. The van der Waals surface area contributed by atoms with Crippen LogP contribution in [0.5, 0.6) is 0 Å². The Labute approximate surface area is 126 Å². The van der Waals surface area contributed by atoms with Crippen LogP contribution in [-0.2, 0) is 23.9 Å². The molecule has 0 aromatic carbocycles. The van der Waals surface area contributed by atoms with E-state index in [0.29, 0.717) is 13.2 Å². The van der Waals surface area contributed by atoms with Crippen LogP contribution in [0, 0.1) is 5.41 Å². The molecule has 0 aromatic heterocycles. The molecule has 1 amide bonds. The first-order valence-corrected chi connectivity index (χ1v) is 7.32. The normalized spacial score (nSPS) is 11.1. The van der Waals surface area contributed by atoms with Crippen molar-refractivity contribution in [3.05, 3.63) is 0 Å². The summed E-state index contributed by atoms with van der Waals surface area (Å²) in [7, 11) is 0. The number of rotatable bonds is 10. The van der Waals surface area contributed by atoms with Gasteiger partial charge >= 0.3 is 5.97 Å². The van der Waals surface area contributed by atoms with Gasteiger partial charge in [-0.05, 0) is 20.8 Å². The van der Waals surface area contributed by atoms with Crippen LogP contribution in [0.4, 0.5) is 0 Å². The van der Waals surface area contributed by atoms with E-state index in [1.54, 1.807) is 20.8 Å². The molecule has 0 unspecified atom stereocenters. The summed E-state index contributed by atoms with van der Waals surface area (Å²) < 4.78 is 9.89. The number of amides is 1. The molecule has 0 heterocycles. The zero-order valence-electron chi connectivity index (χ0n) is 13.7. The van der Waals surface area contributed by atoms with Gasteiger partial charge in [0.1, 0.15) is 13.0 Å². The van der Waals surface area contributed by atoms with Gasteiger partial charge in [-0.2, -0.15) is 0 Å². The first-order chi connectivity index (χ1) is 9.78. The van der Waals surface area contributed by atoms with Gasteiger partial charge in [-0.25, -0.2) is 0 Å². The third-order valence-electron chi connectivity index (χ3n) is 3.11. The van der Waals surface area contributed by atoms with E-state index in [1.165, 1.54) is 4.90 Å². The molecule has 0 aliphatic rings. The minimum absolute atomic E-state index is 0.0348. The van der Waals surface area contributed by atoms with Gasteiger partial charge in [0.2, 0.25) is 5.91 Å². The summed E-state index contributed by atoms with van der Waals surface area (Å²) in [4.78, 5) is 37.0. The van der Waals surface area contributed by atoms with E-state index < -0.39 is 11.4 Å². The number of carbonyl (C=O) groups is 3. The maximum absolute atomic E-state index is 12.1. The zero-order valence-corrected chi connectivity index (χ0v) is 13.7. The van der Waals surface area contributed by atoms with Crippen molar-refractivity contribution in [1.82, 2.24) is 4.90 Å². The SMILES string of the molecule is CCOCC(=O)C(C)(C)CN(CC)C(=O)CC(=O)OCC. The summed E-state index contributed by atoms with van der Waals surface area (Å²) in [6, 6.07) is 0. The van der Waals surface area contributed by atoms with Crippen LogP contribution in [-0.4, -0.2) is 55.5 Å². The van der Waals surface area contributed by atoms with Crippen LogP contribution in [0.25, 0.3) is 0 Å². The Hall–Kier alpha value is -1.43. The second-order valence-corrected chi connectivity index (χ2v) is 5.33. The third-order valence-corrected chi connectivity index (χ3v) is 3.11. The summed E-state index contributed by atoms with van der Waals surface area (Å²) in [5.74, 6) is -0.931. The molecule has 0 rings (SSSR count). The van der Waals surface area contributed by atoms with Gasteiger partial charge in [-0.3, -0.25) is 14.4 Å². The van der Waals surface area contributed by atoms with Gasteiger partial charge in [0.25, 0.3) is 0 Å². The monoisotopic (exact) mass is 301 g/mol. The fraction of sp³-hybridized carbons (Fsp3) is 0.800. The van der Waals surface area contributed by atoms with Crippen molar-refractivity contribution in [2.45, 2.75) is 41.0 Å². The standard InChI is InChI=1S/C15H27NO5/c1-6-16(13(18)9-14(19)21-8-3)11-15(4,5)12(17)10-20-7-2/h6-11H2,1-5H3.